The van der Waals surface area contributed by atoms with E-state index in [-0.39, 0.29) is 5.57 Å². The van der Waals surface area contributed by atoms with Crippen molar-refractivity contribution in [1.29, 1.82) is 0 Å². The van der Waals surface area contributed by atoms with E-state index in [2.05, 4.69) is 23.3 Å². The van der Waals surface area contributed by atoms with E-state index in [1.807, 2.05) is 36.4 Å². The average Bonchev–Trinajstić information content (AvgIpc) is 2.54. The lowest BCUT2D eigenvalue weighted by atomic mass is 9.99. The molecular weight excluding hydrogens is 280 g/mol. The van der Waals surface area contributed by atoms with Gasteiger partial charge >= 0.3 is 11.9 Å². The summed E-state index contributed by atoms with van der Waals surface area (Å²) in [5.74, 6) is -0.955. The molecule has 0 spiro atoms. The fraction of sp³-hybridized carbons (Fsp3) is 0.333. The summed E-state index contributed by atoms with van der Waals surface area (Å²) < 4.78 is 9.32. The van der Waals surface area contributed by atoms with Crippen molar-refractivity contribution in [2.75, 3.05) is 14.2 Å². The smallest absolute Gasteiger partial charge is 0.345 e. The van der Waals surface area contributed by atoms with Crippen LogP contribution in [0.5, 0.6) is 0 Å². The maximum atomic E-state index is 11.8. The maximum absolute atomic E-state index is 11.8. The second kappa shape index (κ2) is 8.82. The van der Waals surface area contributed by atoms with Gasteiger partial charge in [-0.1, -0.05) is 50.3 Å². The first kappa shape index (κ1) is 17.7. The topological polar surface area (TPSA) is 52.6 Å². The lowest BCUT2D eigenvalue weighted by molar-refractivity contribution is -0.144. The highest BCUT2D eigenvalue weighted by Gasteiger charge is 2.20. The van der Waals surface area contributed by atoms with Gasteiger partial charge in [0, 0.05) is 0 Å². The van der Waals surface area contributed by atoms with Gasteiger partial charge in [0.2, 0.25) is 0 Å². The summed E-state index contributed by atoms with van der Waals surface area (Å²) in [6.45, 7) is 4.20. The molecule has 0 aromatic heterocycles. The highest BCUT2D eigenvalue weighted by molar-refractivity contribution is 6.15. The largest absolute Gasteiger partial charge is 0.465 e. The molecule has 0 atom stereocenters. The SMILES string of the molecule is COC(=O)C(=C/C(=C\CC(C)C)c1ccccc1)C(=O)OC. The number of methoxy groups -OCH3 is 2. The van der Waals surface area contributed by atoms with E-state index in [0.717, 1.165) is 17.6 Å². The molecule has 0 saturated carbocycles. The van der Waals surface area contributed by atoms with Gasteiger partial charge in [-0.05, 0) is 29.6 Å². The van der Waals surface area contributed by atoms with Crippen LogP contribution < -0.4 is 0 Å². The highest BCUT2D eigenvalue weighted by Crippen LogP contribution is 2.20. The van der Waals surface area contributed by atoms with Crippen molar-refractivity contribution in [3.8, 4) is 0 Å². The van der Waals surface area contributed by atoms with Crippen LogP contribution in [-0.4, -0.2) is 26.2 Å². The summed E-state index contributed by atoms with van der Waals surface area (Å²) in [5.41, 5.74) is 1.59. The molecule has 0 aliphatic carbocycles. The monoisotopic (exact) mass is 302 g/mol. The van der Waals surface area contributed by atoms with Gasteiger partial charge in [0.15, 0.2) is 0 Å². The summed E-state index contributed by atoms with van der Waals surface area (Å²) >= 11 is 0. The molecule has 22 heavy (non-hydrogen) atoms. The first-order valence-corrected chi connectivity index (χ1v) is 7.13. The Kier molecular flexibility index (Phi) is 7.09. The van der Waals surface area contributed by atoms with Gasteiger partial charge in [-0.15, -0.1) is 0 Å². The van der Waals surface area contributed by atoms with Crippen LogP contribution >= 0.6 is 0 Å². The standard InChI is InChI=1S/C18H22O4/c1-13(2)10-11-15(14-8-6-5-7-9-14)12-16(17(19)21-3)18(20)22-4/h5-9,11-13H,10H2,1-4H3/b15-11+. The van der Waals surface area contributed by atoms with Gasteiger partial charge in [-0.25, -0.2) is 9.59 Å². The van der Waals surface area contributed by atoms with Crippen LogP contribution in [0.3, 0.4) is 0 Å². The van der Waals surface area contributed by atoms with Crippen molar-refractivity contribution in [3.63, 3.8) is 0 Å². The fourth-order valence-electron chi connectivity index (χ4n) is 1.83. The molecule has 1 aromatic carbocycles. The van der Waals surface area contributed by atoms with Crippen LogP contribution in [0, 0.1) is 5.92 Å². The third-order valence-corrected chi connectivity index (χ3v) is 3.03. The summed E-state index contributed by atoms with van der Waals surface area (Å²) in [6.07, 6.45) is 4.36. The Hall–Kier alpha value is -2.36. The van der Waals surface area contributed by atoms with Gasteiger partial charge in [-0.3, -0.25) is 0 Å². The fourth-order valence-corrected chi connectivity index (χ4v) is 1.83. The maximum Gasteiger partial charge on any atom is 0.345 e. The number of hydrogen-bond donors (Lipinski definition) is 0. The Morgan fingerprint density at radius 1 is 1.05 bits per heavy atom. The molecule has 0 radical (unpaired) electrons. The van der Waals surface area contributed by atoms with Gasteiger partial charge in [0.1, 0.15) is 5.57 Å². The zero-order chi connectivity index (χ0) is 16.5. The minimum absolute atomic E-state index is 0.121. The first-order valence-electron chi connectivity index (χ1n) is 7.13. The number of carbonyl (C=O) groups excluding carboxylic acids is 2. The van der Waals surface area contributed by atoms with Gasteiger partial charge in [0.25, 0.3) is 0 Å². The second-order valence-electron chi connectivity index (χ2n) is 5.20. The highest BCUT2D eigenvalue weighted by atomic mass is 16.5. The quantitative estimate of drug-likeness (QED) is 0.266. The van der Waals surface area contributed by atoms with E-state index >= 15 is 0 Å². The molecule has 4 nitrogen and oxygen atoms in total. The minimum Gasteiger partial charge on any atom is -0.465 e. The second-order valence-corrected chi connectivity index (χ2v) is 5.20. The summed E-state index contributed by atoms with van der Waals surface area (Å²) in [6, 6.07) is 9.57. The molecule has 0 unspecified atom stereocenters. The van der Waals surface area contributed by atoms with Crippen molar-refractivity contribution in [1.82, 2.24) is 0 Å². The van der Waals surface area contributed by atoms with E-state index < -0.39 is 11.9 Å². The Labute approximate surface area is 131 Å². The van der Waals surface area contributed by atoms with E-state index in [0.29, 0.717) is 5.92 Å². The Morgan fingerprint density at radius 3 is 2.05 bits per heavy atom. The average molecular weight is 302 g/mol. The van der Waals surface area contributed by atoms with Crippen molar-refractivity contribution in [2.24, 2.45) is 5.92 Å². The molecule has 0 bridgehead atoms. The van der Waals surface area contributed by atoms with Crippen molar-refractivity contribution in [3.05, 3.63) is 53.6 Å². The molecular formula is C18H22O4. The molecule has 0 saturated heterocycles. The van der Waals surface area contributed by atoms with E-state index in [9.17, 15) is 9.59 Å². The number of rotatable bonds is 6. The molecule has 0 N–H and O–H groups in total. The Balaban J connectivity index is 3.30. The van der Waals surface area contributed by atoms with Crippen LogP contribution in [-0.2, 0) is 19.1 Å². The number of allylic oxidation sites excluding steroid dienone is 3. The van der Waals surface area contributed by atoms with Gasteiger partial charge in [-0.2, -0.15) is 0 Å². The Morgan fingerprint density at radius 2 is 1.59 bits per heavy atom. The lowest BCUT2D eigenvalue weighted by Crippen LogP contribution is -2.16. The van der Waals surface area contributed by atoms with Gasteiger partial charge in [0.05, 0.1) is 14.2 Å². The van der Waals surface area contributed by atoms with Crippen molar-refractivity contribution >= 4 is 17.5 Å². The molecule has 0 amide bonds. The van der Waals surface area contributed by atoms with E-state index in [4.69, 9.17) is 0 Å². The molecule has 4 heteroatoms. The predicted molar refractivity (Wildman–Crippen MR) is 86.0 cm³/mol. The van der Waals surface area contributed by atoms with Gasteiger partial charge < -0.3 is 9.47 Å². The molecule has 0 aliphatic rings. The molecule has 1 rings (SSSR count). The van der Waals surface area contributed by atoms with Crippen LogP contribution in [0.25, 0.3) is 5.57 Å². The zero-order valence-corrected chi connectivity index (χ0v) is 13.5. The molecule has 118 valence electrons. The predicted octanol–water partition coefficient (Wildman–Crippen LogP) is 3.39. The molecule has 0 heterocycles. The molecule has 1 aromatic rings. The third kappa shape index (κ3) is 5.20. The number of carbonyl (C=O) groups is 2. The van der Waals surface area contributed by atoms with Crippen LogP contribution in [0.4, 0.5) is 0 Å². The number of ether oxygens (including phenoxy) is 2. The summed E-state index contributed by atoms with van der Waals surface area (Å²) in [7, 11) is 2.47. The lowest BCUT2D eigenvalue weighted by Gasteiger charge is -2.08. The summed E-state index contributed by atoms with van der Waals surface area (Å²) in [4.78, 5) is 23.6. The van der Waals surface area contributed by atoms with E-state index in [1.54, 1.807) is 0 Å². The van der Waals surface area contributed by atoms with Crippen molar-refractivity contribution in [2.45, 2.75) is 20.3 Å². The first-order chi connectivity index (χ1) is 10.5. The molecule has 0 aliphatic heterocycles. The Bertz CT molecular complexity index is 550. The van der Waals surface area contributed by atoms with E-state index in [1.165, 1.54) is 20.3 Å². The normalized spacial score (nSPS) is 11.0. The van der Waals surface area contributed by atoms with Crippen molar-refractivity contribution < 1.29 is 19.1 Å². The van der Waals surface area contributed by atoms with Crippen LogP contribution in [0.15, 0.2) is 48.1 Å². The number of benzene rings is 1. The van der Waals surface area contributed by atoms with Crippen LogP contribution in [0.1, 0.15) is 25.8 Å². The minimum atomic E-state index is -0.710. The van der Waals surface area contributed by atoms with Crippen LogP contribution in [0.2, 0.25) is 0 Å². The zero-order valence-electron chi connectivity index (χ0n) is 13.5. The third-order valence-electron chi connectivity index (χ3n) is 3.03. The molecule has 0 fully saturated rings. The summed E-state index contributed by atoms with van der Waals surface area (Å²) in [5, 5.41) is 0. The number of esters is 2. The number of hydrogen-bond acceptors (Lipinski definition) is 4.